The van der Waals surface area contributed by atoms with Crippen molar-refractivity contribution >= 4 is 45.8 Å². The van der Waals surface area contributed by atoms with Crippen LogP contribution in [0.1, 0.15) is 27.7 Å². The van der Waals surface area contributed by atoms with Gasteiger partial charge in [0.2, 0.25) is 23.6 Å². The minimum absolute atomic E-state index is 0.0182. The molecule has 230 valence electrons. The van der Waals surface area contributed by atoms with Gasteiger partial charge in [0.15, 0.2) is 18.0 Å². The molecule has 1 saturated heterocycles. The summed E-state index contributed by atoms with van der Waals surface area (Å²) in [5.41, 5.74) is 0.607. The van der Waals surface area contributed by atoms with E-state index in [1.165, 1.54) is 12.3 Å². The zero-order chi connectivity index (χ0) is 31.5. The van der Waals surface area contributed by atoms with Crippen LogP contribution in [0, 0.1) is 0 Å². The van der Waals surface area contributed by atoms with Crippen LogP contribution in [0.3, 0.4) is 0 Å². The van der Waals surface area contributed by atoms with Crippen molar-refractivity contribution in [3.05, 3.63) is 65.0 Å². The van der Waals surface area contributed by atoms with Crippen molar-refractivity contribution in [2.45, 2.75) is 58.4 Å². The van der Waals surface area contributed by atoms with Crippen molar-refractivity contribution in [1.82, 2.24) is 0 Å². The van der Waals surface area contributed by atoms with Crippen LogP contribution in [0.5, 0.6) is 5.75 Å². The largest absolute Gasteiger partial charge is 0.464 e. The Balaban J connectivity index is 1.67. The summed E-state index contributed by atoms with van der Waals surface area (Å²) in [5.74, 6) is -3.38. The summed E-state index contributed by atoms with van der Waals surface area (Å²) < 4.78 is 45.5. The third-order valence-corrected chi connectivity index (χ3v) is 6.67. The zero-order valence-corrected chi connectivity index (χ0v) is 24.1. The van der Waals surface area contributed by atoms with Crippen LogP contribution in [-0.2, 0) is 42.9 Å². The van der Waals surface area contributed by atoms with Gasteiger partial charge in [0.05, 0.1) is 17.0 Å². The quantitative estimate of drug-likeness (QED) is 0.210. The van der Waals surface area contributed by atoms with Gasteiger partial charge in [-0.2, -0.15) is 0 Å². The number of furan rings is 1. The molecule has 1 fully saturated rings. The molecule has 0 unspecified atom stereocenters. The average Bonchev–Trinajstić information content (AvgIpc) is 3.45. The molecule has 0 saturated carbocycles. The molecule has 4 aromatic rings. The Labute approximate surface area is 249 Å². The van der Waals surface area contributed by atoms with Gasteiger partial charge in [-0.25, -0.2) is 0 Å². The number of rotatable bonds is 8. The molecule has 5 atom stereocenters. The van der Waals surface area contributed by atoms with E-state index in [9.17, 15) is 24.0 Å². The number of ether oxygens (including phenoxy) is 6. The van der Waals surface area contributed by atoms with Crippen molar-refractivity contribution < 1.29 is 56.4 Å². The van der Waals surface area contributed by atoms with Gasteiger partial charge < -0.3 is 37.3 Å². The summed E-state index contributed by atoms with van der Waals surface area (Å²) in [5, 5.41) is 0.704. The lowest BCUT2D eigenvalue weighted by Crippen LogP contribution is -2.63. The SMILES string of the molecule is CC(=O)OC[C@H]1O[C@@H](Oc2c(-c3ccccc3)oc3c(ccc4occc43)c2=O)[C@H](OC(C)=O)[C@@H](OC(C)=O)[C@@H]1OC(C)=O. The van der Waals surface area contributed by atoms with Crippen molar-refractivity contribution in [1.29, 1.82) is 0 Å². The van der Waals surface area contributed by atoms with Crippen molar-refractivity contribution in [3.8, 4) is 17.1 Å². The number of hydrogen-bond acceptors (Lipinski definition) is 13. The second kappa shape index (κ2) is 12.6. The number of carbonyl (C=O) groups is 4. The third-order valence-electron chi connectivity index (χ3n) is 6.67. The number of esters is 4. The van der Waals surface area contributed by atoms with Gasteiger partial charge in [-0.1, -0.05) is 30.3 Å². The van der Waals surface area contributed by atoms with Gasteiger partial charge in [0.1, 0.15) is 23.9 Å². The van der Waals surface area contributed by atoms with E-state index in [-0.39, 0.29) is 22.5 Å². The Morgan fingerprint density at radius 2 is 1.41 bits per heavy atom. The molecule has 2 aromatic carbocycles. The number of fused-ring (bicyclic) bond motifs is 3. The Morgan fingerprint density at radius 3 is 2.07 bits per heavy atom. The van der Waals surface area contributed by atoms with E-state index in [0.29, 0.717) is 16.5 Å². The highest BCUT2D eigenvalue weighted by atomic mass is 16.7. The Bertz CT molecular complexity index is 1770. The predicted octanol–water partition coefficient (Wildman–Crippen LogP) is 3.67. The van der Waals surface area contributed by atoms with E-state index in [2.05, 4.69) is 0 Å². The minimum atomic E-state index is -1.64. The predicted molar refractivity (Wildman–Crippen MR) is 150 cm³/mol. The Hall–Kier alpha value is -5.17. The lowest BCUT2D eigenvalue weighted by atomic mass is 9.98. The summed E-state index contributed by atoms with van der Waals surface area (Å²) in [4.78, 5) is 62.2. The summed E-state index contributed by atoms with van der Waals surface area (Å²) >= 11 is 0. The first kappa shape index (κ1) is 30.3. The van der Waals surface area contributed by atoms with Gasteiger partial charge in [-0.05, 0) is 18.2 Å². The van der Waals surface area contributed by atoms with Crippen LogP contribution in [0.4, 0.5) is 0 Å². The molecule has 44 heavy (non-hydrogen) atoms. The van der Waals surface area contributed by atoms with E-state index in [4.69, 9.17) is 37.3 Å². The highest BCUT2D eigenvalue weighted by Gasteiger charge is 2.53. The van der Waals surface area contributed by atoms with Crippen molar-refractivity contribution in [2.24, 2.45) is 0 Å². The summed E-state index contributed by atoms with van der Waals surface area (Å²) in [6.07, 6.45) is -5.88. The average molecular weight is 609 g/mol. The van der Waals surface area contributed by atoms with Crippen LogP contribution in [0.15, 0.2) is 68.4 Å². The number of benzene rings is 2. The van der Waals surface area contributed by atoms with Crippen LogP contribution < -0.4 is 10.2 Å². The number of hydrogen-bond donors (Lipinski definition) is 0. The van der Waals surface area contributed by atoms with Crippen LogP contribution in [0.2, 0.25) is 0 Å². The molecule has 13 heteroatoms. The molecule has 0 amide bonds. The third kappa shape index (κ3) is 6.27. The van der Waals surface area contributed by atoms with Gasteiger partial charge in [0.25, 0.3) is 0 Å². The van der Waals surface area contributed by atoms with Crippen LogP contribution in [0.25, 0.3) is 33.3 Å². The van der Waals surface area contributed by atoms with Crippen LogP contribution >= 0.6 is 0 Å². The summed E-state index contributed by atoms with van der Waals surface area (Å²) in [6, 6.07) is 13.4. The maximum atomic E-state index is 14.1. The second-order valence-corrected chi connectivity index (χ2v) is 9.92. The first-order valence-corrected chi connectivity index (χ1v) is 13.5. The first-order chi connectivity index (χ1) is 21.0. The molecule has 1 aliphatic rings. The second-order valence-electron chi connectivity index (χ2n) is 9.92. The molecule has 1 aliphatic heterocycles. The van der Waals surface area contributed by atoms with E-state index in [0.717, 1.165) is 27.7 Å². The van der Waals surface area contributed by atoms with E-state index < -0.39 is 66.6 Å². The van der Waals surface area contributed by atoms with E-state index >= 15 is 0 Å². The van der Waals surface area contributed by atoms with Gasteiger partial charge in [0, 0.05) is 33.3 Å². The minimum Gasteiger partial charge on any atom is -0.464 e. The molecule has 3 heterocycles. The molecule has 0 spiro atoms. The molecule has 0 aliphatic carbocycles. The molecule has 5 rings (SSSR count). The standard InChI is InChI=1S/C31H28O13/c1-15(32)38-14-23-27(39-16(2)33)29(40-17(3)34)30(41-18(4)35)31(42-23)44-28-24(36)21-10-11-22-20(12-13-37-22)26(21)43-25(28)19-8-6-5-7-9-19/h5-13,23,27,29-31H,14H2,1-4H3/t23-,27-,29+,30-,31+/m1/s1. The smallest absolute Gasteiger partial charge is 0.303 e. The summed E-state index contributed by atoms with van der Waals surface area (Å²) in [7, 11) is 0. The van der Waals surface area contributed by atoms with Crippen molar-refractivity contribution in [2.75, 3.05) is 6.61 Å². The topological polar surface area (TPSA) is 167 Å². The normalized spacial score (nSPS) is 21.4. The zero-order valence-electron chi connectivity index (χ0n) is 24.1. The fourth-order valence-corrected chi connectivity index (χ4v) is 4.97. The molecule has 0 N–H and O–H groups in total. The Morgan fingerprint density at radius 1 is 0.750 bits per heavy atom. The molecule has 0 radical (unpaired) electrons. The highest BCUT2D eigenvalue weighted by Crippen LogP contribution is 2.37. The highest BCUT2D eigenvalue weighted by molar-refractivity contribution is 6.02. The monoisotopic (exact) mass is 608 g/mol. The lowest BCUT2D eigenvalue weighted by Gasteiger charge is -2.43. The molecular weight excluding hydrogens is 580 g/mol. The molecule has 2 aromatic heterocycles. The van der Waals surface area contributed by atoms with Gasteiger partial charge in [-0.3, -0.25) is 24.0 Å². The van der Waals surface area contributed by atoms with Gasteiger partial charge in [-0.15, -0.1) is 0 Å². The Kier molecular flexibility index (Phi) is 8.67. The maximum absolute atomic E-state index is 14.1. The molecular formula is C31H28O13. The van der Waals surface area contributed by atoms with Gasteiger partial charge >= 0.3 is 23.9 Å². The van der Waals surface area contributed by atoms with Crippen molar-refractivity contribution in [3.63, 3.8) is 0 Å². The first-order valence-electron chi connectivity index (χ1n) is 13.5. The molecule has 13 nitrogen and oxygen atoms in total. The lowest BCUT2D eigenvalue weighted by molar-refractivity contribution is -0.288. The summed E-state index contributed by atoms with van der Waals surface area (Å²) in [6.45, 7) is 4.01. The molecule has 0 bridgehead atoms. The van der Waals surface area contributed by atoms with E-state index in [1.54, 1.807) is 42.5 Å². The maximum Gasteiger partial charge on any atom is 0.303 e. The van der Waals surface area contributed by atoms with Crippen LogP contribution in [-0.4, -0.2) is 61.2 Å². The fourth-order valence-electron chi connectivity index (χ4n) is 4.97. The van der Waals surface area contributed by atoms with E-state index in [1.807, 2.05) is 0 Å². The number of carbonyl (C=O) groups excluding carboxylic acids is 4. The fraction of sp³-hybridized carbons (Fsp3) is 0.323.